The Bertz CT molecular complexity index is 586. The Morgan fingerprint density at radius 3 is 2.75 bits per heavy atom. The Balaban J connectivity index is 2.37. The van der Waals surface area contributed by atoms with Crippen LogP contribution in [0.1, 0.15) is 27.9 Å². The molecule has 0 N–H and O–H groups in total. The second-order valence-corrected chi connectivity index (χ2v) is 4.55. The number of nitrogens with zero attached hydrogens (tertiary/aromatic N) is 2. The van der Waals surface area contributed by atoms with Crippen molar-refractivity contribution < 1.29 is 0 Å². The van der Waals surface area contributed by atoms with Gasteiger partial charge in [0, 0.05) is 18.2 Å². The van der Waals surface area contributed by atoms with Crippen LogP contribution >= 0.6 is 0 Å². The summed E-state index contributed by atoms with van der Waals surface area (Å²) in [4.78, 5) is 8.51. The lowest BCUT2D eigenvalue weighted by molar-refractivity contribution is 1.06. The van der Waals surface area contributed by atoms with Gasteiger partial charge in [-0.2, -0.15) is 0 Å². The summed E-state index contributed by atoms with van der Waals surface area (Å²) >= 11 is 0. The van der Waals surface area contributed by atoms with E-state index in [1.807, 2.05) is 6.20 Å². The van der Waals surface area contributed by atoms with E-state index in [2.05, 4.69) is 36.8 Å². The minimum atomic E-state index is 0.960. The number of hydrogen-bond donors (Lipinski definition) is 0. The summed E-state index contributed by atoms with van der Waals surface area (Å²) in [7, 11) is 0. The van der Waals surface area contributed by atoms with Crippen LogP contribution in [0.3, 0.4) is 0 Å². The Labute approximate surface area is 95.4 Å². The molecule has 2 aromatic rings. The standard InChI is InChI=1S/C14H14N2/c1-8-4-9(2)14-11(10(8)3)5-13-12(14)6-15-7-16-13/h4,6-7H,5H2,1-3H3. The molecule has 80 valence electrons. The van der Waals surface area contributed by atoms with E-state index in [1.165, 1.54) is 39.1 Å². The molecule has 0 amide bonds. The second-order valence-electron chi connectivity index (χ2n) is 4.55. The molecule has 0 fully saturated rings. The molecule has 0 unspecified atom stereocenters. The van der Waals surface area contributed by atoms with E-state index in [9.17, 15) is 0 Å². The highest BCUT2D eigenvalue weighted by Crippen LogP contribution is 2.39. The molecule has 0 radical (unpaired) electrons. The third-order valence-corrected chi connectivity index (χ3v) is 3.58. The van der Waals surface area contributed by atoms with Gasteiger partial charge in [-0.05, 0) is 48.6 Å². The largest absolute Gasteiger partial charge is 0.244 e. The Kier molecular flexibility index (Phi) is 1.87. The summed E-state index contributed by atoms with van der Waals surface area (Å²) in [6.07, 6.45) is 4.54. The van der Waals surface area contributed by atoms with Gasteiger partial charge in [0.2, 0.25) is 0 Å². The van der Waals surface area contributed by atoms with Gasteiger partial charge in [-0.15, -0.1) is 0 Å². The van der Waals surface area contributed by atoms with E-state index in [-0.39, 0.29) is 0 Å². The Morgan fingerprint density at radius 2 is 1.94 bits per heavy atom. The molecule has 0 saturated carbocycles. The minimum Gasteiger partial charge on any atom is -0.244 e. The Morgan fingerprint density at radius 1 is 1.12 bits per heavy atom. The van der Waals surface area contributed by atoms with Gasteiger partial charge in [-0.25, -0.2) is 9.97 Å². The molecule has 1 aromatic heterocycles. The molecule has 1 aliphatic rings. The normalized spacial score (nSPS) is 12.4. The van der Waals surface area contributed by atoms with Crippen molar-refractivity contribution in [2.24, 2.45) is 0 Å². The number of aryl methyl sites for hydroxylation is 2. The predicted octanol–water partition coefficient (Wildman–Crippen LogP) is 2.97. The maximum absolute atomic E-state index is 4.37. The van der Waals surface area contributed by atoms with Crippen molar-refractivity contribution in [3.63, 3.8) is 0 Å². The van der Waals surface area contributed by atoms with Gasteiger partial charge < -0.3 is 0 Å². The summed E-state index contributed by atoms with van der Waals surface area (Å²) in [6.45, 7) is 6.55. The molecule has 1 heterocycles. The summed E-state index contributed by atoms with van der Waals surface area (Å²) < 4.78 is 0. The summed E-state index contributed by atoms with van der Waals surface area (Å²) in [5.41, 5.74) is 9.30. The topological polar surface area (TPSA) is 25.8 Å². The van der Waals surface area contributed by atoms with Crippen molar-refractivity contribution >= 4 is 0 Å². The SMILES string of the molecule is Cc1cc(C)c2c(c1C)Cc1ncncc1-2. The minimum absolute atomic E-state index is 0.960. The van der Waals surface area contributed by atoms with Crippen LogP contribution in [0.25, 0.3) is 11.1 Å². The van der Waals surface area contributed by atoms with Crippen molar-refractivity contribution in [2.75, 3.05) is 0 Å². The van der Waals surface area contributed by atoms with Crippen LogP contribution in [0.15, 0.2) is 18.6 Å². The van der Waals surface area contributed by atoms with E-state index in [0.29, 0.717) is 0 Å². The average Bonchev–Trinajstić information content (AvgIpc) is 2.65. The van der Waals surface area contributed by atoms with Gasteiger partial charge in [0.25, 0.3) is 0 Å². The fourth-order valence-corrected chi connectivity index (χ4v) is 2.64. The van der Waals surface area contributed by atoms with Crippen LogP contribution in [-0.4, -0.2) is 9.97 Å². The zero-order chi connectivity index (χ0) is 11.3. The predicted molar refractivity (Wildman–Crippen MR) is 64.5 cm³/mol. The molecule has 3 rings (SSSR count). The van der Waals surface area contributed by atoms with Crippen LogP contribution < -0.4 is 0 Å². The second kappa shape index (κ2) is 3.14. The van der Waals surface area contributed by atoms with Gasteiger partial charge in [0.05, 0.1) is 5.69 Å². The molecule has 16 heavy (non-hydrogen) atoms. The van der Waals surface area contributed by atoms with Gasteiger partial charge in [-0.1, -0.05) is 6.07 Å². The Hall–Kier alpha value is -1.70. The van der Waals surface area contributed by atoms with Crippen LogP contribution in [0.4, 0.5) is 0 Å². The average molecular weight is 210 g/mol. The van der Waals surface area contributed by atoms with Crippen LogP contribution in [0.5, 0.6) is 0 Å². The summed E-state index contributed by atoms with van der Waals surface area (Å²) in [6, 6.07) is 2.26. The van der Waals surface area contributed by atoms with E-state index in [4.69, 9.17) is 0 Å². The van der Waals surface area contributed by atoms with Crippen molar-refractivity contribution in [2.45, 2.75) is 27.2 Å². The number of hydrogen-bond acceptors (Lipinski definition) is 2. The molecule has 1 aromatic carbocycles. The molecular weight excluding hydrogens is 196 g/mol. The molecule has 0 aliphatic heterocycles. The fraction of sp³-hybridized carbons (Fsp3) is 0.286. The molecule has 0 bridgehead atoms. The van der Waals surface area contributed by atoms with Crippen LogP contribution in [0, 0.1) is 20.8 Å². The first kappa shape index (κ1) is 9.52. The first-order chi connectivity index (χ1) is 7.68. The highest BCUT2D eigenvalue weighted by molar-refractivity contribution is 5.79. The lowest BCUT2D eigenvalue weighted by Crippen LogP contribution is -1.93. The number of benzene rings is 1. The highest BCUT2D eigenvalue weighted by atomic mass is 14.8. The first-order valence-corrected chi connectivity index (χ1v) is 5.57. The van der Waals surface area contributed by atoms with Crippen molar-refractivity contribution in [3.05, 3.63) is 46.5 Å². The molecule has 2 heteroatoms. The quantitative estimate of drug-likeness (QED) is 0.570. The molecule has 0 spiro atoms. The van der Waals surface area contributed by atoms with E-state index in [1.54, 1.807) is 6.33 Å². The van der Waals surface area contributed by atoms with E-state index in [0.717, 1.165) is 6.42 Å². The first-order valence-electron chi connectivity index (χ1n) is 5.57. The third kappa shape index (κ3) is 1.13. The smallest absolute Gasteiger partial charge is 0.115 e. The molecule has 0 saturated heterocycles. The fourth-order valence-electron chi connectivity index (χ4n) is 2.64. The van der Waals surface area contributed by atoms with Crippen LogP contribution in [-0.2, 0) is 6.42 Å². The summed E-state index contributed by atoms with van der Waals surface area (Å²) in [5, 5.41) is 0. The lowest BCUT2D eigenvalue weighted by atomic mass is 9.94. The maximum atomic E-state index is 4.37. The number of fused-ring (bicyclic) bond motifs is 3. The highest BCUT2D eigenvalue weighted by Gasteiger charge is 2.23. The third-order valence-electron chi connectivity index (χ3n) is 3.58. The van der Waals surface area contributed by atoms with Crippen molar-refractivity contribution in [1.82, 2.24) is 9.97 Å². The van der Waals surface area contributed by atoms with Gasteiger partial charge in [-0.3, -0.25) is 0 Å². The monoisotopic (exact) mass is 210 g/mol. The van der Waals surface area contributed by atoms with E-state index >= 15 is 0 Å². The van der Waals surface area contributed by atoms with Gasteiger partial charge in [0.1, 0.15) is 6.33 Å². The molecule has 0 atom stereocenters. The number of rotatable bonds is 0. The molecular formula is C14H14N2. The zero-order valence-corrected chi connectivity index (χ0v) is 9.83. The maximum Gasteiger partial charge on any atom is 0.115 e. The molecule has 1 aliphatic carbocycles. The van der Waals surface area contributed by atoms with Gasteiger partial charge in [0.15, 0.2) is 0 Å². The molecule has 2 nitrogen and oxygen atoms in total. The van der Waals surface area contributed by atoms with Gasteiger partial charge >= 0.3 is 0 Å². The zero-order valence-electron chi connectivity index (χ0n) is 9.83. The lowest BCUT2D eigenvalue weighted by Gasteiger charge is -2.11. The summed E-state index contributed by atoms with van der Waals surface area (Å²) in [5.74, 6) is 0. The van der Waals surface area contributed by atoms with Crippen molar-refractivity contribution in [3.8, 4) is 11.1 Å². The van der Waals surface area contributed by atoms with Crippen LogP contribution in [0.2, 0.25) is 0 Å². The van der Waals surface area contributed by atoms with E-state index < -0.39 is 0 Å². The van der Waals surface area contributed by atoms with Crippen molar-refractivity contribution in [1.29, 1.82) is 0 Å². The number of aromatic nitrogens is 2.